The Labute approximate surface area is 161 Å². The number of rotatable bonds is 10. The molecule has 0 heterocycles. The molecule has 2 atom stereocenters. The van der Waals surface area contributed by atoms with Crippen molar-refractivity contribution in [1.29, 1.82) is 0 Å². The van der Waals surface area contributed by atoms with Crippen LogP contribution in [0.4, 0.5) is 8.78 Å². The van der Waals surface area contributed by atoms with E-state index >= 15 is 0 Å². The van der Waals surface area contributed by atoms with E-state index in [1.165, 1.54) is 0 Å². The SMILES string of the molecule is N[C@@H](COC(F)F)C(=O)NC(Cc1ccccc1)C(=O)OCc1ccccc1. The van der Waals surface area contributed by atoms with E-state index in [4.69, 9.17) is 10.5 Å². The summed E-state index contributed by atoms with van der Waals surface area (Å²) in [4.78, 5) is 24.7. The highest BCUT2D eigenvalue weighted by Crippen LogP contribution is 2.08. The molecule has 2 aromatic carbocycles. The van der Waals surface area contributed by atoms with Gasteiger partial charge in [-0.15, -0.1) is 0 Å². The van der Waals surface area contributed by atoms with Crippen LogP contribution in [0.2, 0.25) is 0 Å². The lowest BCUT2D eigenvalue weighted by Gasteiger charge is -2.20. The Bertz CT molecular complexity index is 744. The first-order valence-electron chi connectivity index (χ1n) is 8.66. The Morgan fingerprint density at radius 3 is 2.11 bits per heavy atom. The molecule has 6 nitrogen and oxygen atoms in total. The fourth-order valence-electron chi connectivity index (χ4n) is 2.40. The van der Waals surface area contributed by atoms with Gasteiger partial charge >= 0.3 is 12.6 Å². The molecular formula is C20H22F2N2O4. The Hall–Kier alpha value is -2.84. The van der Waals surface area contributed by atoms with Gasteiger partial charge in [0.1, 0.15) is 18.7 Å². The van der Waals surface area contributed by atoms with Crippen molar-refractivity contribution >= 4 is 11.9 Å². The van der Waals surface area contributed by atoms with E-state index in [2.05, 4.69) is 10.1 Å². The molecule has 0 saturated carbocycles. The van der Waals surface area contributed by atoms with Crippen LogP contribution >= 0.6 is 0 Å². The Morgan fingerprint density at radius 1 is 0.964 bits per heavy atom. The number of benzene rings is 2. The van der Waals surface area contributed by atoms with Crippen LogP contribution in [-0.4, -0.2) is 37.2 Å². The van der Waals surface area contributed by atoms with Crippen LogP contribution in [0.5, 0.6) is 0 Å². The molecule has 0 fully saturated rings. The van der Waals surface area contributed by atoms with E-state index in [1.807, 2.05) is 24.3 Å². The zero-order valence-electron chi connectivity index (χ0n) is 15.1. The van der Waals surface area contributed by atoms with Crippen molar-refractivity contribution in [2.75, 3.05) is 6.61 Å². The number of amides is 1. The standard InChI is InChI=1S/C20H22F2N2O4/c21-20(22)28-13-16(23)18(25)24-17(11-14-7-3-1-4-8-14)19(26)27-12-15-9-5-2-6-10-15/h1-10,16-17,20H,11-13,23H2,(H,24,25)/t16-,17?/m0/s1. The number of carbonyl (C=O) groups excluding carboxylic acids is 2. The molecule has 1 amide bonds. The molecule has 0 radical (unpaired) electrons. The molecule has 0 aliphatic rings. The van der Waals surface area contributed by atoms with Crippen molar-refractivity contribution in [2.24, 2.45) is 5.73 Å². The first kappa shape index (κ1) is 21.5. The zero-order valence-corrected chi connectivity index (χ0v) is 15.1. The highest BCUT2D eigenvalue weighted by atomic mass is 19.3. The lowest BCUT2D eigenvalue weighted by atomic mass is 10.1. The second-order valence-corrected chi connectivity index (χ2v) is 6.04. The second-order valence-electron chi connectivity index (χ2n) is 6.04. The van der Waals surface area contributed by atoms with Gasteiger partial charge in [-0.1, -0.05) is 60.7 Å². The predicted molar refractivity (Wildman–Crippen MR) is 98.2 cm³/mol. The molecule has 0 bridgehead atoms. The number of nitrogens with two attached hydrogens (primary N) is 1. The smallest absolute Gasteiger partial charge is 0.345 e. The molecule has 8 heteroatoms. The van der Waals surface area contributed by atoms with Crippen LogP contribution in [0.25, 0.3) is 0 Å². The van der Waals surface area contributed by atoms with Gasteiger partial charge in [-0.3, -0.25) is 4.79 Å². The second kappa shape index (κ2) is 11.1. The van der Waals surface area contributed by atoms with Crippen LogP contribution in [-0.2, 0) is 32.1 Å². The first-order valence-corrected chi connectivity index (χ1v) is 8.66. The van der Waals surface area contributed by atoms with Crippen LogP contribution in [0.1, 0.15) is 11.1 Å². The van der Waals surface area contributed by atoms with Crippen molar-refractivity contribution in [3.8, 4) is 0 Å². The molecule has 0 saturated heterocycles. The quantitative estimate of drug-likeness (QED) is 0.604. The summed E-state index contributed by atoms with van der Waals surface area (Å²) >= 11 is 0. The van der Waals surface area contributed by atoms with Gasteiger partial charge in [-0.05, 0) is 11.1 Å². The fourth-order valence-corrected chi connectivity index (χ4v) is 2.40. The minimum absolute atomic E-state index is 0.0430. The summed E-state index contributed by atoms with van der Waals surface area (Å²) in [5, 5.41) is 2.46. The van der Waals surface area contributed by atoms with Crippen molar-refractivity contribution < 1.29 is 27.8 Å². The van der Waals surface area contributed by atoms with Crippen molar-refractivity contribution in [3.05, 3.63) is 71.8 Å². The van der Waals surface area contributed by atoms with Crippen molar-refractivity contribution in [2.45, 2.75) is 31.7 Å². The maximum absolute atomic E-state index is 12.5. The molecule has 0 aromatic heterocycles. The maximum atomic E-state index is 12.5. The number of nitrogens with one attached hydrogen (secondary N) is 1. The van der Waals surface area contributed by atoms with Crippen LogP contribution in [0, 0.1) is 0 Å². The van der Waals surface area contributed by atoms with Crippen molar-refractivity contribution in [1.82, 2.24) is 5.32 Å². The molecule has 2 rings (SSSR count). The van der Waals surface area contributed by atoms with E-state index in [0.717, 1.165) is 11.1 Å². The Morgan fingerprint density at radius 2 is 1.54 bits per heavy atom. The average Bonchev–Trinajstić information content (AvgIpc) is 2.71. The minimum Gasteiger partial charge on any atom is -0.459 e. The average molecular weight is 392 g/mol. The minimum atomic E-state index is -3.03. The number of hydrogen-bond acceptors (Lipinski definition) is 5. The van der Waals surface area contributed by atoms with Gasteiger partial charge < -0.3 is 20.5 Å². The molecule has 0 aliphatic heterocycles. The van der Waals surface area contributed by atoms with Crippen LogP contribution in [0.3, 0.4) is 0 Å². The molecule has 0 aliphatic carbocycles. The summed E-state index contributed by atoms with van der Waals surface area (Å²) < 4.78 is 33.6. The van der Waals surface area contributed by atoms with E-state index in [-0.39, 0.29) is 13.0 Å². The maximum Gasteiger partial charge on any atom is 0.345 e. The van der Waals surface area contributed by atoms with Gasteiger partial charge in [-0.2, -0.15) is 8.78 Å². The van der Waals surface area contributed by atoms with Gasteiger partial charge in [0, 0.05) is 6.42 Å². The van der Waals surface area contributed by atoms with Crippen LogP contribution in [0.15, 0.2) is 60.7 Å². The lowest BCUT2D eigenvalue weighted by molar-refractivity contribution is -0.151. The monoisotopic (exact) mass is 392 g/mol. The van der Waals surface area contributed by atoms with Crippen molar-refractivity contribution in [3.63, 3.8) is 0 Å². The largest absolute Gasteiger partial charge is 0.459 e. The summed E-state index contributed by atoms with van der Waals surface area (Å²) in [6.45, 7) is -3.66. The number of hydrogen-bond donors (Lipinski definition) is 2. The molecule has 28 heavy (non-hydrogen) atoms. The van der Waals surface area contributed by atoms with Crippen LogP contribution < -0.4 is 11.1 Å². The number of halogens is 2. The fraction of sp³-hybridized carbons (Fsp3) is 0.300. The molecule has 3 N–H and O–H groups in total. The number of esters is 1. The Balaban J connectivity index is 2.01. The molecule has 150 valence electrons. The normalized spacial score (nSPS) is 13.0. The summed E-state index contributed by atoms with van der Waals surface area (Å²) in [6, 6.07) is 15.7. The third-order valence-corrected chi connectivity index (χ3v) is 3.85. The molecule has 0 spiro atoms. The summed E-state index contributed by atoms with van der Waals surface area (Å²) in [5.41, 5.74) is 7.14. The third-order valence-electron chi connectivity index (χ3n) is 3.85. The molecule has 2 aromatic rings. The zero-order chi connectivity index (χ0) is 20.4. The predicted octanol–water partition coefficient (Wildman–Crippen LogP) is 2.02. The summed E-state index contributed by atoms with van der Waals surface area (Å²) in [7, 11) is 0. The Kier molecular flexibility index (Phi) is 8.51. The highest BCUT2D eigenvalue weighted by Gasteiger charge is 2.26. The molecular weight excluding hydrogens is 370 g/mol. The number of alkyl halides is 2. The number of carbonyl (C=O) groups is 2. The van der Waals surface area contributed by atoms with Gasteiger partial charge in [0.25, 0.3) is 0 Å². The summed E-state index contributed by atoms with van der Waals surface area (Å²) in [5.74, 6) is -1.43. The van der Waals surface area contributed by atoms with E-state index in [9.17, 15) is 18.4 Å². The topological polar surface area (TPSA) is 90.6 Å². The number of ether oxygens (including phenoxy) is 2. The van der Waals surface area contributed by atoms with E-state index in [1.54, 1.807) is 36.4 Å². The lowest BCUT2D eigenvalue weighted by Crippen LogP contribution is -2.51. The van der Waals surface area contributed by atoms with E-state index in [0.29, 0.717) is 0 Å². The first-order chi connectivity index (χ1) is 13.5. The van der Waals surface area contributed by atoms with Gasteiger partial charge in [0.05, 0.1) is 6.61 Å². The highest BCUT2D eigenvalue weighted by molar-refractivity contribution is 5.87. The molecule has 1 unspecified atom stereocenters. The van der Waals surface area contributed by atoms with Gasteiger partial charge in [0.2, 0.25) is 5.91 Å². The third kappa shape index (κ3) is 7.42. The van der Waals surface area contributed by atoms with Gasteiger partial charge in [-0.25, -0.2) is 4.79 Å². The van der Waals surface area contributed by atoms with E-state index < -0.39 is 37.2 Å². The van der Waals surface area contributed by atoms with Gasteiger partial charge in [0.15, 0.2) is 0 Å². The summed E-state index contributed by atoms with van der Waals surface area (Å²) in [6.07, 6.45) is 0.169.